The van der Waals surface area contributed by atoms with Crippen LogP contribution in [0.15, 0.2) is 55.2 Å². The van der Waals surface area contributed by atoms with Crippen molar-refractivity contribution in [2.75, 3.05) is 5.32 Å². The average molecular weight is 339 g/mol. The van der Waals surface area contributed by atoms with Crippen molar-refractivity contribution < 1.29 is 14.0 Å². The number of hydrogen-bond donors (Lipinski definition) is 2. The van der Waals surface area contributed by atoms with E-state index in [0.717, 1.165) is 5.69 Å². The summed E-state index contributed by atoms with van der Waals surface area (Å²) < 4.78 is 12.8. The lowest BCUT2D eigenvalue weighted by Gasteiger charge is -2.07. The highest BCUT2D eigenvalue weighted by Crippen LogP contribution is 2.28. The van der Waals surface area contributed by atoms with Gasteiger partial charge in [0, 0.05) is 24.5 Å². The van der Waals surface area contributed by atoms with Gasteiger partial charge in [0.05, 0.1) is 11.1 Å². The number of allylic oxidation sites excluding steroid dienone is 3. The van der Waals surface area contributed by atoms with Crippen LogP contribution in [0.2, 0.25) is 0 Å². The van der Waals surface area contributed by atoms with Crippen molar-refractivity contribution >= 4 is 17.5 Å². The minimum absolute atomic E-state index is 0.0764. The molecule has 0 radical (unpaired) electrons. The van der Waals surface area contributed by atoms with Crippen LogP contribution in [-0.2, 0) is 6.42 Å². The molecule has 0 saturated heterocycles. The van der Waals surface area contributed by atoms with Crippen molar-refractivity contribution in [3.8, 4) is 0 Å². The van der Waals surface area contributed by atoms with E-state index in [1.807, 2.05) is 0 Å². The van der Waals surface area contributed by atoms with Crippen LogP contribution in [0.3, 0.4) is 0 Å². The van der Waals surface area contributed by atoms with Crippen LogP contribution in [0.25, 0.3) is 0 Å². The van der Waals surface area contributed by atoms with E-state index < -0.39 is 5.83 Å². The van der Waals surface area contributed by atoms with Gasteiger partial charge in [-0.15, -0.1) is 0 Å². The fourth-order valence-corrected chi connectivity index (χ4v) is 2.96. The van der Waals surface area contributed by atoms with Crippen LogP contribution in [0.4, 0.5) is 10.2 Å². The number of aromatic amines is 1. The maximum Gasteiger partial charge on any atom is 0.259 e. The van der Waals surface area contributed by atoms with Gasteiger partial charge in [0.1, 0.15) is 11.6 Å². The van der Waals surface area contributed by atoms with Gasteiger partial charge in [0.15, 0.2) is 5.78 Å². The number of nitrogens with zero attached hydrogens (tertiary/aromatic N) is 1. The zero-order valence-corrected chi connectivity index (χ0v) is 13.6. The summed E-state index contributed by atoms with van der Waals surface area (Å²) in [5.74, 6) is -0.696. The molecule has 2 aromatic heterocycles. The van der Waals surface area contributed by atoms with Crippen molar-refractivity contribution in [3.05, 3.63) is 72.0 Å². The number of hydrogen-bond acceptors (Lipinski definition) is 3. The molecule has 0 bridgehead atoms. The molecule has 0 aromatic carbocycles. The van der Waals surface area contributed by atoms with E-state index in [1.165, 1.54) is 6.08 Å². The molecule has 2 aromatic rings. The number of pyridine rings is 1. The molecule has 6 heteroatoms. The lowest BCUT2D eigenvalue weighted by Crippen LogP contribution is -2.16. The minimum Gasteiger partial charge on any atom is -0.364 e. The quantitative estimate of drug-likeness (QED) is 0.656. The maximum atomic E-state index is 12.8. The van der Waals surface area contributed by atoms with E-state index in [0.29, 0.717) is 29.8 Å². The summed E-state index contributed by atoms with van der Waals surface area (Å²) in [7, 11) is 0. The Balaban J connectivity index is 1.81. The van der Waals surface area contributed by atoms with E-state index in [4.69, 9.17) is 0 Å². The molecule has 2 N–H and O–H groups in total. The predicted molar refractivity (Wildman–Crippen MR) is 93.1 cm³/mol. The Bertz CT molecular complexity index is 840. The number of nitrogens with one attached hydrogen (secondary N) is 2. The fourth-order valence-electron chi connectivity index (χ4n) is 2.96. The summed E-state index contributed by atoms with van der Waals surface area (Å²) in [5, 5.41) is 2.69. The molecule has 5 nitrogen and oxygen atoms in total. The van der Waals surface area contributed by atoms with Gasteiger partial charge in [0.2, 0.25) is 0 Å². The van der Waals surface area contributed by atoms with Gasteiger partial charge in [-0.1, -0.05) is 18.7 Å². The van der Waals surface area contributed by atoms with E-state index in [9.17, 15) is 14.0 Å². The molecule has 0 aliphatic heterocycles. The van der Waals surface area contributed by atoms with Crippen molar-refractivity contribution in [1.29, 1.82) is 0 Å². The number of rotatable bonds is 4. The molecule has 3 rings (SSSR count). The van der Waals surface area contributed by atoms with Crippen molar-refractivity contribution in [3.63, 3.8) is 0 Å². The first-order valence-electron chi connectivity index (χ1n) is 8.03. The van der Waals surface area contributed by atoms with Gasteiger partial charge in [-0.05, 0) is 37.0 Å². The first-order chi connectivity index (χ1) is 12.0. The van der Waals surface area contributed by atoms with E-state index >= 15 is 0 Å². The number of carbonyl (C=O) groups excluding carboxylic acids is 2. The maximum absolute atomic E-state index is 12.8. The predicted octanol–water partition coefficient (Wildman–Crippen LogP) is 3.84. The highest BCUT2D eigenvalue weighted by molar-refractivity contribution is 6.13. The van der Waals surface area contributed by atoms with E-state index in [2.05, 4.69) is 21.9 Å². The Labute approximate surface area is 144 Å². The second kappa shape index (κ2) is 7.25. The Hall–Kier alpha value is -3.02. The monoisotopic (exact) mass is 339 g/mol. The standard InChI is InChI=1S/C19H18FN3O2/c1-12(20)5-6-13-7-8-15-18(16(24)10-13)14(11-22-15)19(25)23-17-4-2-3-9-21-17/h2-6,9,11,13,22H,1,7-8,10H2,(H,21,23,25)/b6-5-. The Morgan fingerprint density at radius 2 is 2.28 bits per heavy atom. The summed E-state index contributed by atoms with van der Waals surface area (Å²) in [6.45, 7) is 3.19. The number of ketones is 1. The van der Waals surface area contributed by atoms with Crippen LogP contribution >= 0.6 is 0 Å². The number of carbonyl (C=O) groups is 2. The van der Waals surface area contributed by atoms with Gasteiger partial charge in [-0.2, -0.15) is 0 Å². The lowest BCUT2D eigenvalue weighted by atomic mass is 9.97. The van der Waals surface area contributed by atoms with Gasteiger partial charge < -0.3 is 10.3 Å². The second-order valence-electron chi connectivity index (χ2n) is 5.96. The Morgan fingerprint density at radius 3 is 3.00 bits per heavy atom. The molecule has 0 spiro atoms. The summed E-state index contributed by atoms with van der Waals surface area (Å²) in [6, 6.07) is 5.19. The summed E-state index contributed by atoms with van der Waals surface area (Å²) in [6.07, 6.45) is 7.63. The number of amides is 1. The summed E-state index contributed by atoms with van der Waals surface area (Å²) in [4.78, 5) is 32.2. The molecule has 2 heterocycles. The molecule has 1 unspecified atom stereocenters. The zero-order chi connectivity index (χ0) is 17.8. The molecule has 0 fully saturated rings. The number of halogens is 1. The largest absolute Gasteiger partial charge is 0.364 e. The van der Waals surface area contributed by atoms with E-state index in [1.54, 1.807) is 36.7 Å². The number of aromatic nitrogens is 2. The topological polar surface area (TPSA) is 74.8 Å². The van der Waals surface area contributed by atoms with Gasteiger partial charge >= 0.3 is 0 Å². The number of Topliss-reactive ketones (excluding diaryl/α,β-unsaturated/α-hetero) is 1. The van der Waals surface area contributed by atoms with Crippen molar-refractivity contribution in [2.45, 2.75) is 19.3 Å². The molecule has 25 heavy (non-hydrogen) atoms. The molecule has 1 amide bonds. The van der Waals surface area contributed by atoms with Gasteiger partial charge in [-0.3, -0.25) is 9.59 Å². The van der Waals surface area contributed by atoms with Crippen LogP contribution < -0.4 is 5.32 Å². The number of aryl methyl sites for hydroxylation is 1. The van der Waals surface area contributed by atoms with Crippen molar-refractivity contribution in [2.24, 2.45) is 5.92 Å². The summed E-state index contributed by atoms with van der Waals surface area (Å²) in [5.41, 5.74) is 1.47. The molecule has 0 saturated carbocycles. The van der Waals surface area contributed by atoms with E-state index in [-0.39, 0.29) is 24.0 Å². The van der Waals surface area contributed by atoms with Gasteiger partial charge in [-0.25, -0.2) is 9.37 Å². The zero-order valence-electron chi connectivity index (χ0n) is 13.6. The first kappa shape index (κ1) is 16.8. The van der Waals surface area contributed by atoms with Crippen LogP contribution in [0.1, 0.15) is 39.3 Å². The minimum atomic E-state index is -0.536. The lowest BCUT2D eigenvalue weighted by molar-refractivity contribution is 0.0956. The highest BCUT2D eigenvalue weighted by Gasteiger charge is 2.27. The van der Waals surface area contributed by atoms with Crippen LogP contribution in [-0.4, -0.2) is 21.7 Å². The fraction of sp³-hybridized carbons (Fsp3) is 0.211. The Morgan fingerprint density at radius 1 is 1.44 bits per heavy atom. The molecule has 1 aliphatic carbocycles. The molecular formula is C19H18FN3O2. The third-order valence-electron chi connectivity index (χ3n) is 4.15. The smallest absolute Gasteiger partial charge is 0.259 e. The third-order valence-corrected chi connectivity index (χ3v) is 4.15. The second-order valence-corrected chi connectivity index (χ2v) is 5.96. The molecule has 1 atom stereocenters. The van der Waals surface area contributed by atoms with Gasteiger partial charge in [0.25, 0.3) is 5.91 Å². The Kier molecular flexibility index (Phi) is 4.88. The highest BCUT2D eigenvalue weighted by atomic mass is 19.1. The van der Waals surface area contributed by atoms with Crippen LogP contribution in [0, 0.1) is 5.92 Å². The average Bonchev–Trinajstić information content (AvgIpc) is 2.95. The van der Waals surface area contributed by atoms with Crippen molar-refractivity contribution in [1.82, 2.24) is 9.97 Å². The number of anilines is 1. The number of fused-ring (bicyclic) bond motifs is 1. The summed E-state index contributed by atoms with van der Waals surface area (Å²) >= 11 is 0. The molecule has 128 valence electrons. The molecule has 1 aliphatic rings. The normalized spacial score (nSPS) is 17.2. The number of H-pyrrole nitrogens is 1. The third kappa shape index (κ3) is 3.91. The first-order valence-corrected chi connectivity index (χ1v) is 8.03. The van der Waals surface area contributed by atoms with Crippen LogP contribution in [0.5, 0.6) is 0 Å². The SMILES string of the molecule is C=C(F)/C=C\C1CCc2[nH]cc(C(=O)Nc3ccccn3)c2C(=O)C1. The molecular weight excluding hydrogens is 321 g/mol.